The smallest absolute Gasteiger partial charge is 0.355 e. The first-order valence-electron chi connectivity index (χ1n) is 8.29. The number of aromatic nitrogens is 2. The summed E-state index contributed by atoms with van der Waals surface area (Å²) in [7, 11) is 0. The van der Waals surface area contributed by atoms with Crippen LogP contribution in [0.3, 0.4) is 0 Å². The number of nitrogens with zero attached hydrogens (tertiary/aromatic N) is 2. The van der Waals surface area contributed by atoms with Gasteiger partial charge in [0, 0.05) is 18.0 Å². The molecule has 9 heteroatoms. The van der Waals surface area contributed by atoms with Crippen LogP contribution in [-0.4, -0.2) is 47.2 Å². The van der Waals surface area contributed by atoms with Crippen molar-refractivity contribution in [3.63, 3.8) is 0 Å². The molecule has 0 aliphatic carbocycles. The highest BCUT2D eigenvalue weighted by atomic mass is 16.5. The van der Waals surface area contributed by atoms with Gasteiger partial charge in [0.15, 0.2) is 0 Å². The van der Waals surface area contributed by atoms with Crippen LogP contribution in [0.15, 0.2) is 29.6 Å². The van der Waals surface area contributed by atoms with E-state index in [-0.39, 0.29) is 30.2 Å². The fourth-order valence-corrected chi connectivity index (χ4v) is 2.31. The van der Waals surface area contributed by atoms with Gasteiger partial charge < -0.3 is 14.5 Å². The molecule has 0 fully saturated rings. The summed E-state index contributed by atoms with van der Waals surface area (Å²) in [4.78, 5) is 42.9. The van der Waals surface area contributed by atoms with E-state index in [1.165, 1.54) is 30.7 Å². The van der Waals surface area contributed by atoms with Crippen LogP contribution < -0.4 is 5.43 Å². The Labute approximate surface area is 155 Å². The molecular weight excluding hydrogens is 352 g/mol. The van der Waals surface area contributed by atoms with Crippen LogP contribution in [0.5, 0.6) is 0 Å². The number of aromatic amines is 1. The van der Waals surface area contributed by atoms with Crippen LogP contribution in [-0.2, 0) is 9.47 Å². The number of hydrazone groups is 1. The second kappa shape index (κ2) is 9.27. The van der Waals surface area contributed by atoms with Crippen LogP contribution in [0.4, 0.5) is 0 Å². The number of amides is 1. The molecule has 1 amide bonds. The average Bonchev–Trinajstić information content (AvgIpc) is 2.99. The van der Waals surface area contributed by atoms with Gasteiger partial charge in [-0.25, -0.2) is 15.0 Å². The van der Waals surface area contributed by atoms with E-state index in [0.717, 1.165) is 0 Å². The van der Waals surface area contributed by atoms with E-state index in [1.54, 1.807) is 20.8 Å². The van der Waals surface area contributed by atoms with Gasteiger partial charge in [-0.15, -0.1) is 0 Å². The molecule has 0 saturated heterocycles. The molecule has 0 aromatic carbocycles. The SMILES string of the molecule is CCOC(=O)c1[nH]c(/C=N/NC(=O)c2ccncc2)c(C(=O)OCC)c1C. The Bertz CT molecular complexity index is 858. The van der Waals surface area contributed by atoms with Gasteiger partial charge in [-0.2, -0.15) is 5.10 Å². The summed E-state index contributed by atoms with van der Waals surface area (Å²) in [5.74, 6) is -1.65. The zero-order valence-corrected chi connectivity index (χ0v) is 15.2. The van der Waals surface area contributed by atoms with Crippen molar-refractivity contribution in [2.45, 2.75) is 20.8 Å². The lowest BCUT2D eigenvalue weighted by Crippen LogP contribution is -2.18. The minimum absolute atomic E-state index is 0.127. The minimum Gasteiger partial charge on any atom is -0.462 e. The molecule has 0 aliphatic rings. The van der Waals surface area contributed by atoms with Gasteiger partial charge in [0.2, 0.25) is 0 Å². The molecule has 0 aliphatic heterocycles. The van der Waals surface area contributed by atoms with E-state index in [0.29, 0.717) is 11.1 Å². The van der Waals surface area contributed by atoms with Gasteiger partial charge in [0.1, 0.15) is 5.69 Å². The Morgan fingerprint density at radius 3 is 2.41 bits per heavy atom. The first kappa shape index (κ1) is 19.8. The summed E-state index contributed by atoms with van der Waals surface area (Å²) in [6.07, 6.45) is 4.20. The first-order chi connectivity index (χ1) is 13.0. The number of carbonyl (C=O) groups is 3. The Morgan fingerprint density at radius 2 is 1.78 bits per heavy atom. The van der Waals surface area contributed by atoms with E-state index >= 15 is 0 Å². The second-order valence-corrected chi connectivity index (χ2v) is 5.29. The quantitative estimate of drug-likeness (QED) is 0.434. The van der Waals surface area contributed by atoms with Crippen molar-refractivity contribution >= 4 is 24.1 Å². The Hall–Kier alpha value is -3.49. The van der Waals surface area contributed by atoms with Crippen molar-refractivity contribution in [2.75, 3.05) is 13.2 Å². The van der Waals surface area contributed by atoms with Gasteiger partial charge >= 0.3 is 11.9 Å². The second-order valence-electron chi connectivity index (χ2n) is 5.29. The summed E-state index contributed by atoms with van der Waals surface area (Å²) in [5.41, 5.74) is 3.61. The third-order valence-electron chi connectivity index (χ3n) is 3.54. The Balaban J connectivity index is 2.28. The Kier molecular flexibility index (Phi) is 6.81. The van der Waals surface area contributed by atoms with Gasteiger partial charge in [-0.05, 0) is 38.5 Å². The maximum atomic E-state index is 12.2. The summed E-state index contributed by atoms with van der Waals surface area (Å²) in [6.45, 7) is 5.32. The maximum absolute atomic E-state index is 12.2. The van der Waals surface area contributed by atoms with Crippen molar-refractivity contribution in [3.05, 3.63) is 52.6 Å². The standard InChI is InChI=1S/C18H20N4O5/c1-4-26-17(24)14-11(3)15(18(25)27-5-2)21-13(14)10-20-22-16(23)12-6-8-19-9-7-12/h6-10,21H,4-5H2,1-3H3,(H,22,23)/b20-10+. The van der Waals surface area contributed by atoms with Crippen LogP contribution in [0, 0.1) is 6.92 Å². The van der Waals surface area contributed by atoms with Gasteiger partial charge in [0.25, 0.3) is 5.91 Å². The molecule has 27 heavy (non-hydrogen) atoms. The maximum Gasteiger partial charge on any atom is 0.355 e. The number of ether oxygens (including phenoxy) is 2. The van der Waals surface area contributed by atoms with Crippen molar-refractivity contribution in [2.24, 2.45) is 5.10 Å². The molecule has 2 heterocycles. The molecule has 2 rings (SSSR count). The molecule has 0 saturated carbocycles. The number of esters is 2. The predicted octanol–water partition coefficient (Wildman–Crippen LogP) is 1.84. The first-order valence-corrected chi connectivity index (χ1v) is 8.29. The van der Waals surface area contributed by atoms with Crippen molar-refractivity contribution in [1.29, 1.82) is 0 Å². The lowest BCUT2D eigenvalue weighted by atomic mass is 10.1. The topological polar surface area (TPSA) is 123 Å². The van der Waals surface area contributed by atoms with E-state index in [4.69, 9.17) is 9.47 Å². The lowest BCUT2D eigenvalue weighted by Gasteiger charge is -2.03. The van der Waals surface area contributed by atoms with Crippen LogP contribution in [0.2, 0.25) is 0 Å². The molecule has 0 radical (unpaired) electrons. The number of H-pyrrole nitrogens is 1. The molecule has 0 unspecified atom stereocenters. The van der Waals surface area contributed by atoms with E-state index < -0.39 is 17.8 Å². The molecule has 9 nitrogen and oxygen atoms in total. The minimum atomic E-state index is -0.608. The molecule has 2 aromatic rings. The van der Waals surface area contributed by atoms with Crippen molar-refractivity contribution in [3.8, 4) is 0 Å². The lowest BCUT2D eigenvalue weighted by molar-refractivity contribution is 0.0518. The number of hydrogen-bond donors (Lipinski definition) is 2. The highest BCUT2D eigenvalue weighted by Crippen LogP contribution is 2.19. The molecule has 0 bridgehead atoms. The van der Waals surface area contributed by atoms with Gasteiger partial charge in [-0.1, -0.05) is 0 Å². The number of hydrogen-bond acceptors (Lipinski definition) is 7. The number of carbonyl (C=O) groups excluding carboxylic acids is 3. The zero-order valence-electron chi connectivity index (χ0n) is 15.2. The van der Waals surface area contributed by atoms with Crippen LogP contribution in [0.25, 0.3) is 0 Å². The number of pyridine rings is 1. The largest absolute Gasteiger partial charge is 0.462 e. The molecule has 0 atom stereocenters. The molecule has 142 valence electrons. The number of rotatable bonds is 7. The molecule has 0 spiro atoms. The van der Waals surface area contributed by atoms with Crippen molar-refractivity contribution in [1.82, 2.24) is 15.4 Å². The van der Waals surface area contributed by atoms with Crippen LogP contribution in [0.1, 0.15) is 56.3 Å². The fourth-order valence-electron chi connectivity index (χ4n) is 2.31. The summed E-state index contributed by atoms with van der Waals surface area (Å²) >= 11 is 0. The third kappa shape index (κ3) is 4.78. The van der Waals surface area contributed by atoms with E-state index in [2.05, 4.69) is 20.5 Å². The summed E-state index contributed by atoms with van der Waals surface area (Å²) in [5, 5.41) is 3.84. The third-order valence-corrected chi connectivity index (χ3v) is 3.54. The van der Waals surface area contributed by atoms with Crippen LogP contribution >= 0.6 is 0 Å². The van der Waals surface area contributed by atoms with E-state index in [9.17, 15) is 14.4 Å². The predicted molar refractivity (Wildman–Crippen MR) is 96.7 cm³/mol. The van der Waals surface area contributed by atoms with Crippen molar-refractivity contribution < 1.29 is 23.9 Å². The molecule has 2 N–H and O–H groups in total. The molecule has 2 aromatic heterocycles. The zero-order chi connectivity index (χ0) is 19.8. The summed E-state index contributed by atoms with van der Waals surface area (Å²) in [6, 6.07) is 3.07. The van der Waals surface area contributed by atoms with Gasteiger partial charge in [0.05, 0.1) is 30.7 Å². The normalized spacial score (nSPS) is 10.6. The molecular formula is C18H20N4O5. The monoisotopic (exact) mass is 372 g/mol. The van der Waals surface area contributed by atoms with Gasteiger partial charge in [-0.3, -0.25) is 9.78 Å². The fraction of sp³-hybridized carbons (Fsp3) is 0.278. The van der Waals surface area contributed by atoms with E-state index in [1.807, 2.05) is 0 Å². The summed E-state index contributed by atoms with van der Waals surface area (Å²) < 4.78 is 10.0. The number of nitrogens with one attached hydrogen (secondary N) is 2. The Morgan fingerprint density at radius 1 is 1.15 bits per heavy atom. The highest BCUT2D eigenvalue weighted by molar-refractivity contribution is 6.04. The average molecular weight is 372 g/mol. The highest BCUT2D eigenvalue weighted by Gasteiger charge is 2.24.